The van der Waals surface area contributed by atoms with E-state index in [1.165, 1.54) is 12.1 Å². The summed E-state index contributed by atoms with van der Waals surface area (Å²) in [6.45, 7) is -0.535. The molecular weight excluding hydrogens is 271 g/mol. The molecule has 1 N–H and O–H groups in total. The first-order valence-electron chi connectivity index (χ1n) is 5.41. The maximum Gasteiger partial charge on any atom is 0.330 e. The third-order valence-corrected chi connectivity index (χ3v) is 2.34. The van der Waals surface area contributed by atoms with E-state index in [2.05, 4.69) is 4.74 Å². The van der Waals surface area contributed by atoms with Crippen LogP contribution in [0, 0.1) is 12.7 Å². The van der Waals surface area contributed by atoms with Crippen molar-refractivity contribution < 1.29 is 31.8 Å². The van der Waals surface area contributed by atoms with Gasteiger partial charge in [-0.2, -0.15) is 8.78 Å². The monoisotopic (exact) mass is 284 g/mol. The maximum atomic E-state index is 13.0. The lowest BCUT2D eigenvalue weighted by molar-refractivity contribution is -0.170. The van der Waals surface area contributed by atoms with Crippen molar-refractivity contribution in [3.8, 4) is 0 Å². The first-order chi connectivity index (χ1) is 8.72. The van der Waals surface area contributed by atoms with Crippen molar-refractivity contribution in [1.82, 2.24) is 0 Å². The predicted octanol–water partition coefficient (Wildman–Crippen LogP) is 3.08. The minimum atomic E-state index is -4.27. The Bertz CT molecular complexity index is 402. The Labute approximate surface area is 106 Å². The fourth-order valence-corrected chi connectivity index (χ4v) is 1.42. The smallest absolute Gasteiger partial charge is 0.330 e. The van der Waals surface area contributed by atoms with Crippen LogP contribution in [0.5, 0.6) is 0 Å². The van der Waals surface area contributed by atoms with Crippen LogP contribution in [0.4, 0.5) is 22.0 Å². The highest BCUT2D eigenvalue weighted by atomic mass is 19.3. The van der Waals surface area contributed by atoms with E-state index < -0.39 is 37.5 Å². The van der Waals surface area contributed by atoms with Gasteiger partial charge in [-0.3, -0.25) is 0 Å². The lowest BCUT2D eigenvalue weighted by Gasteiger charge is -2.17. The molecule has 7 heteroatoms. The third-order valence-electron chi connectivity index (χ3n) is 2.34. The van der Waals surface area contributed by atoms with Crippen molar-refractivity contribution in [3.05, 3.63) is 35.1 Å². The third kappa shape index (κ3) is 4.76. The molecule has 1 aromatic rings. The molecule has 0 aliphatic heterocycles. The van der Waals surface area contributed by atoms with E-state index >= 15 is 0 Å². The molecule has 1 atom stereocenters. The van der Waals surface area contributed by atoms with Crippen molar-refractivity contribution in [2.45, 2.75) is 25.4 Å². The fourth-order valence-electron chi connectivity index (χ4n) is 1.42. The zero-order valence-corrected chi connectivity index (χ0v) is 10.0. The number of hydrogen-bond acceptors (Lipinski definition) is 2. The van der Waals surface area contributed by atoms with Crippen molar-refractivity contribution in [2.24, 2.45) is 0 Å². The average molecular weight is 284 g/mol. The summed E-state index contributed by atoms with van der Waals surface area (Å²) >= 11 is 0. The Hall–Kier alpha value is -1.21. The van der Waals surface area contributed by atoms with Crippen LogP contribution in [0.2, 0.25) is 0 Å². The molecule has 2 nitrogen and oxygen atoms in total. The summed E-state index contributed by atoms with van der Waals surface area (Å²) in [6.07, 6.45) is -5.19. The number of hydrogen-bond donors (Lipinski definition) is 1. The Morgan fingerprint density at radius 1 is 1.26 bits per heavy atom. The Morgan fingerprint density at radius 2 is 1.89 bits per heavy atom. The standard InChI is InChI=1S/C12H13F5O2/c1-7-2-8(4-9(13)3-7)10(18)5-19-6-12(16,17)11(14)15/h2-4,10-11,18H,5-6H2,1H3. The van der Waals surface area contributed by atoms with Gasteiger partial charge in [0.1, 0.15) is 18.5 Å². The van der Waals surface area contributed by atoms with Gasteiger partial charge < -0.3 is 9.84 Å². The highest BCUT2D eigenvalue weighted by Gasteiger charge is 2.41. The van der Waals surface area contributed by atoms with Crippen molar-refractivity contribution in [1.29, 1.82) is 0 Å². The summed E-state index contributed by atoms with van der Waals surface area (Å²) in [6, 6.07) is 3.69. The summed E-state index contributed by atoms with van der Waals surface area (Å²) in [5, 5.41) is 9.58. The van der Waals surface area contributed by atoms with Gasteiger partial charge >= 0.3 is 12.3 Å². The molecule has 1 rings (SSSR count). The van der Waals surface area contributed by atoms with Gasteiger partial charge in [0.05, 0.1) is 6.61 Å². The maximum absolute atomic E-state index is 13.0. The molecule has 0 fully saturated rings. The van der Waals surface area contributed by atoms with E-state index in [1.54, 1.807) is 6.92 Å². The van der Waals surface area contributed by atoms with Gasteiger partial charge in [-0.05, 0) is 30.2 Å². The zero-order valence-electron chi connectivity index (χ0n) is 10.0. The van der Waals surface area contributed by atoms with Gasteiger partial charge in [-0.15, -0.1) is 0 Å². The molecule has 0 amide bonds. The number of halogens is 5. The second kappa shape index (κ2) is 6.29. The topological polar surface area (TPSA) is 29.5 Å². The van der Waals surface area contributed by atoms with Gasteiger partial charge in [0, 0.05) is 0 Å². The molecule has 0 saturated heterocycles. The minimum absolute atomic E-state index is 0.137. The molecule has 1 unspecified atom stereocenters. The highest BCUT2D eigenvalue weighted by Crippen LogP contribution is 2.24. The summed E-state index contributed by atoms with van der Waals surface area (Å²) in [7, 11) is 0. The molecule has 1 aromatic carbocycles. The van der Waals surface area contributed by atoms with E-state index in [4.69, 9.17) is 0 Å². The number of ether oxygens (including phenoxy) is 1. The second-order valence-electron chi connectivity index (χ2n) is 4.15. The van der Waals surface area contributed by atoms with Crippen LogP contribution in [0.3, 0.4) is 0 Å². The number of benzene rings is 1. The van der Waals surface area contributed by atoms with E-state index in [-0.39, 0.29) is 5.56 Å². The molecule has 0 bridgehead atoms. The average Bonchev–Trinajstić information content (AvgIpc) is 2.27. The summed E-state index contributed by atoms with van der Waals surface area (Å²) < 4.78 is 66.1. The SMILES string of the molecule is Cc1cc(F)cc(C(O)COCC(F)(F)C(F)F)c1. The second-order valence-corrected chi connectivity index (χ2v) is 4.15. The van der Waals surface area contributed by atoms with Crippen LogP contribution in [-0.4, -0.2) is 30.7 Å². The molecule has 0 heterocycles. The Morgan fingerprint density at radius 3 is 2.42 bits per heavy atom. The molecular formula is C12H13F5O2. The number of aliphatic hydroxyl groups is 1. The zero-order chi connectivity index (χ0) is 14.6. The van der Waals surface area contributed by atoms with Crippen molar-refractivity contribution in [2.75, 3.05) is 13.2 Å². The van der Waals surface area contributed by atoms with Crippen LogP contribution >= 0.6 is 0 Å². The normalized spacial score (nSPS) is 13.9. The highest BCUT2D eigenvalue weighted by molar-refractivity contribution is 5.25. The molecule has 0 radical (unpaired) electrons. The molecule has 0 saturated carbocycles. The van der Waals surface area contributed by atoms with E-state index in [0.717, 1.165) is 6.07 Å². The molecule has 0 aliphatic rings. The molecule has 0 aliphatic carbocycles. The molecule has 108 valence electrons. The van der Waals surface area contributed by atoms with Crippen molar-refractivity contribution in [3.63, 3.8) is 0 Å². The molecule has 19 heavy (non-hydrogen) atoms. The number of alkyl halides is 4. The summed E-state index contributed by atoms with van der Waals surface area (Å²) in [5.41, 5.74) is 0.671. The lowest BCUT2D eigenvalue weighted by Crippen LogP contribution is -2.33. The van der Waals surface area contributed by atoms with E-state index in [1.807, 2.05) is 0 Å². The lowest BCUT2D eigenvalue weighted by atomic mass is 10.1. The van der Waals surface area contributed by atoms with Crippen LogP contribution < -0.4 is 0 Å². The van der Waals surface area contributed by atoms with Crippen LogP contribution in [-0.2, 0) is 4.74 Å². The Balaban J connectivity index is 2.54. The van der Waals surface area contributed by atoms with Crippen LogP contribution in [0.1, 0.15) is 17.2 Å². The van der Waals surface area contributed by atoms with Gasteiger partial charge in [0.15, 0.2) is 0 Å². The number of aliphatic hydroxyl groups excluding tert-OH is 1. The fraction of sp³-hybridized carbons (Fsp3) is 0.500. The molecule has 0 spiro atoms. The first kappa shape index (κ1) is 15.8. The summed E-state index contributed by atoms with van der Waals surface area (Å²) in [4.78, 5) is 0. The van der Waals surface area contributed by atoms with E-state index in [0.29, 0.717) is 5.56 Å². The van der Waals surface area contributed by atoms with Crippen LogP contribution in [0.15, 0.2) is 18.2 Å². The summed E-state index contributed by atoms with van der Waals surface area (Å²) in [5.74, 6) is -4.86. The van der Waals surface area contributed by atoms with Crippen LogP contribution in [0.25, 0.3) is 0 Å². The van der Waals surface area contributed by atoms with Gasteiger partial charge in [-0.25, -0.2) is 13.2 Å². The van der Waals surface area contributed by atoms with E-state index in [9.17, 15) is 27.1 Å². The Kier molecular flexibility index (Phi) is 5.25. The first-order valence-corrected chi connectivity index (χ1v) is 5.41. The quantitative estimate of drug-likeness (QED) is 0.813. The van der Waals surface area contributed by atoms with Crippen molar-refractivity contribution >= 4 is 0 Å². The minimum Gasteiger partial charge on any atom is -0.386 e. The largest absolute Gasteiger partial charge is 0.386 e. The predicted molar refractivity (Wildman–Crippen MR) is 57.9 cm³/mol. The molecule has 0 aromatic heterocycles. The van der Waals surface area contributed by atoms with Gasteiger partial charge in [-0.1, -0.05) is 6.07 Å². The van der Waals surface area contributed by atoms with Gasteiger partial charge in [0.2, 0.25) is 0 Å². The number of rotatable bonds is 6. The van der Waals surface area contributed by atoms with Gasteiger partial charge in [0.25, 0.3) is 0 Å². The number of aryl methyl sites for hydroxylation is 1.